The summed E-state index contributed by atoms with van der Waals surface area (Å²) in [7, 11) is 3.89. The Morgan fingerprint density at radius 2 is 2.24 bits per heavy atom. The highest BCUT2D eigenvalue weighted by atomic mass is 127. The Labute approximate surface area is 151 Å². The molecule has 2 heterocycles. The molecule has 2 rings (SSSR count). The molecule has 0 bridgehead atoms. The summed E-state index contributed by atoms with van der Waals surface area (Å²) >= 11 is 3.48. The van der Waals surface area contributed by atoms with Crippen molar-refractivity contribution in [2.75, 3.05) is 20.6 Å². The fourth-order valence-corrected chi connectivity index (χ4v) is 3.29. The van der Waals surface area contributed by atoms with E-state index in [1.54, 1.807) is 22.7 Å². The van der Waals surface area contributed by atoms with Crippen LogP contribution in [0.2, 0.25) is 0 Å². The Hall–Kier alpha value is -0.670. The molecule has 0 atom stereocenters. The van der Waals surface area contributed by atoms with Crippen LogP contribution >= 0.6 is 46.7 Å². The summed E-state index contributed by atoms with van der Waals surface area (Å²) < 4.78 is 0. The lowest BCUT2D eigenvalue weighted by Gasteiger charge is -2.21. The number of aryl methyl sites for hydroxylation is 1. The van der Waals surface area contributed by atoms with Crippen LogP contribution in [-0.2, 0) is 13.0 Å². The molecule has 0 spiro atoms. The molecular weight excluding hydrogens is 415 g/mol. The Morgan fingerprint density at radius 3 is 2.81 bits per heavy atom. The van der Waals surface area contributed by atoms with Crippen LogP contribution in [0.4, 0.5) is 0 Å². The molecule has 4 nitrogen and oxygen atoms in total. The quantitative estimate of drug-likeness (QED) is 0.444. The summed E-state index contributed by atoms with van der Waals surface area (Å²) in [5.74, 6) is 0.925. The van der Waals surface area contributed by atoms with Gasteiger partial charge >= 0.3 is 0 Å². The number of aliphatic imine (C=N–C) groups is 1. The molecule has 21 heavy (non-hydrogen) atoms. The van der Waals surface area contributed by atoms with Crippen LogP contribution in [0.5, 0.6) is 0 Å². The van der Waals surface area contributed by atoms with Gasteiger partial charge < -0.3 is 10.2 Å². The molecule has 0 aliphatic rings. The highest BCUT2D eigenvalue weighted by Gasteiger charge is 2.08. The van der Waals surface area contributed by atoms with Gasteiger partial charge in [0.05, 0.1) is 17.7 Å². The number of hydrogen-bond acceptors (Lipinski definition) is 4. The second-order valence-corrected chi connectivity index (χ2v) is 6.48. The summed E-state index contributed by atoms with van der Waals surface area (Å²) in [5.41, 5.74) is 2.98. The zero-order valence-corrected chi connectivity index (χ0v) is 16.5. The van der Waals surface area contributed by atoms with Crippen molar-refractivity contribution < 1.29 is 0 Å². The number of thiophene rings is 1. The van der Waals surface area contributed by atoms with Crippen molar-refractivity contribution in [3.05, 3.63) is 38.5 Å². The van der Waals surface area contributed by atoms with E-state index in [2.05, 4.69) is 44.8 Å². The molecule has 0 saturated carbocycles. The summed E-state index contributed by atoms with van der Waals surface area (Å²) in [6.45, 7) is 3.78. The zero-order chi connectivity index (χ0) is 14.4. The molecule has 7 heteroatoms. The van der Waals surface area contributed by atoms with Crippen LogP contribution in [0.3, 0.4) is 0 Å². The van der Waals surface area contributed by atoms with Crippen LogP contribution in [0.15, 0.2) is 28.0 Å². The predicted molar refractivity (Wildman–Crippen MR) is 103 cm³/mol. The smallest absolute Gasteiger partial charge is 0.193 e. The van der Waals surface area contributed by atoms with Gasteiger partial charge in [0.2, 0.25) is 0 Å². The molecule has 2 aromatic heterocycles. The van der Waals surface area contributed by atoms with Crippen LogP contribution in [0.1, 0.15) is 15.4 Å². The third-order valence-corrected chi connectivity index (χ3v) is 4.97. The van der Waals surface area contributed by atoms with Gasteiger partial charge in [0, 0.05) is 30.4 Å². The standard InChI is InChI=1S/C14H20N4S2.HI/c1-11-13(20-10-17-11)9-16-14(15-2)18(3)7-6-12-5-4-8-19-12;/h4-5,8,10H,6-7,9H2,1-3H3,(H,15,16);1H. The molecule has 2 aromatic rings. The number of likely N-dealkylation sites (N-methyl/N-ethyl adjacent to an activating group) is 1. The molecule has 0 saturated heterocycles. The lowest BCUT2D eigenvalue weighted by Crippen LogP contribution is -2.39. The second kappa shape index (κ2) is 9.37. The first-order valence-electron chi connectivity index (χ1n) is 6.54. The topological polar surface area (TPSA) is 40.5 Å². The minimum Gasteiger partial charge on any atom is -0.351 e. The number of nitrogens with zero attached hydrogens (tertiary/aromatic N) is 3. The van der Waals surface area contributed by atoms with Gasteiger partial charge in [-0.2, -0.15) is 0 Å². The lowest BCUT2D eigenvalue weighted by atomic mass is 10.3. The van der Waals surface area contributed by atoms with Crippen LogP contribution < -0.4 is 5.32 Å². The van der Waals surface area contributed by atoms with Gasteiger partial charge in [-0.25, -0.2) is 4.98 Å². The van der Waals surface area contributed by atoms with Crippen molar-refractivity contribution in [2.45, 2.75) is 19.9 Å². The highest BCUT2D eigenvalue weighted by molar-refractivity contribution is 14.0. The van der Waals surface area contributed by atoms with Gasteiger partial charge in [-0.3, -0.25) is 4.99 Å². The number of hydrogen-bond donors (Lipinski definition) is 1. The van der Waals surface area contributed by atoms with E-state index in [1.807, 2.05) is 19.5 Å². The lowest BCUT2D eigenvalue weighted by molar-refractivity contribution is 0.486. The van der Waals surface area contributed by atoms with E-state index < -0.39 is 0 Å². The molecule has 0 aliphatic carbocycles. The maximum Gasteiger partial charge on any atom is 0.193 e. The van der Waals surface area contributed by atoms with E-state index in [-0.39, 0.29) is 24.0 Å². The summed E-state index contributed by atoms with van der Waals surface area (Å²) in [6.07, 6.45) is 1.05. The average molecular weight is 436 g/mol. The van der Waals surface area contributed by atoms with Gasteiger partial charge in [-0.1, -0.05) is 6.07 Å². The largest absolute Gasteiger partial charge is 0.351 e. The maximum atomic E-state index is 4.34. The minimum absolute atomic E-state index is 0. The SMILES string of the molecule is CN=C(NCc1scnc1C)N(C)CCc1cccs1.I. The monoisotopic (exact) mass is 436 g/mol. The fourth-order valence-electron chi connectivity index (χ4n) is 1.88. The Kier molecular flexibility index (Phi) is 8.20. The van der Waals surface area contributed by atoms with Gasteiger partial charge in [-0.05, 0) is 24.8 Å². The van der Waals surface area contributed by atoms with Gasteiger partial charge in [0.1, 0.15) is 0 Å². The van der Waals surface area contributed by atoms with Crippen molar-refractivity contribution in [1.29, 1.82) is 0 Å². The number of nitrogens with one attached hydrogen (secondary N) is 1. The van der Waals surface area contributed by atoms with Crippen molar-refractivity contribution in [2.24, 2.45) is 4.99 Å². The minimum atomic E-state index is 0. The molecule has 0 aromatic carbocycles. The van der Waals surface area contributed by atoms with E-state index in [1.165, 1.54) is 9.75 Å². The number of rotatable bonds is 5. The molecule has 0 aliphatic heterocycles. The average Bonchev–Trinajstić information content (AvgIpc) is 3.09. The molecule has 0 amide bonds. The molecule has 0 unspecified atom stereocenters. The molecule has 116 valence electrons. The zero-order valence-electron chi connectivity index (χ0n) is 12.5. The number of aromatic nitrogens is 1. The maximum absolute atomic E-state index is 4.34. The Bertz CT molecular complexity index is 551. The van der Waals surface area contributed by atoms with E-state index in [0.717, 1.165) is 31.2 Å². The van der Waals surface area contributed by atoms with Gasteiger partial charge in [0.25, 0.3) is 0 Å². The van der Waals surface area contributed by atoms with Crippen LogP contribution in [0.25, 0.3) is 0 Å². The van der Waals surface area contributed by atoms with E-state index >= 15 is 0 Å². The molecule has 1 N–H and O–H groups in total. The molecular formula is C14H21IN4S2. The summed E-state index contributed by atoms with van der Waals surface area (Å²) in [5, 5.41) is 5.51. The van der Waals surface area contributed by atoms with Crippen molar-refractivity contribution in [3.63, 3.8) is 0 Å². The fraction of sp³-hybridized carbons (Fsp3) is 0.429. The number of thiazole rings is 1. The van der Waals surface area contributed by atoms with E-state index in [9.17, 15) is 0 Å². The molecule has 0 fully saturated rings. The second-order valence-electron chi connectivity index (χ2n) is 4.51. The normalized spacial score (nSPS) is 11.1. The third kappa shape index (κ3) is 5.55. The Morgan fingerprint density at radius 1 is 1.43 bits per heavy atom. The van der Waals surface area contributed by atoms with E-state index in [0.29, 0.717) is 0 Å². The van der Waals surface area contributed by atoms with Crippen molar-refractivity contribution in [3.8, 4) is 0 Å². The Balaban J connectivity index is 0.00000220. The van der Waals surface area contributed by atoms with Gasteiger partial charge in [-0.15, -0.1) is 46.7 Å². The van der Waals surface area contributed by atoms with Gasteiger partial charge in [0.15, 0.2) is 5.96 Å². The van der Waals surface area contributed by atoms with E-state index in [4.69, 9.17) is 0 Å². The van der Waals surface area contributed by atoms with Crippen molar-refractivity contribution in [1.82, 2.24) is 15.2 Å². The number of halogens is 1. The predicted octanol–water partition coefficient (Wildman–Crippen LogP) is 3.38. The molecule has 0 radical (unpaired) electrons. The van der Waals surface area contributed by atoms with Crippen LogP contribution in [-0.4, -0.2) is 36.5 Å². The summed E-state index contributed by atoms with van der Waals surface area (Å²) in [6, 6.07) is 4.27. The first kappa shape index (κ1) is 18.4. The highest BCUT2D eigenvalue weighted by Crippen LogP contribution is 2.12. The third-order valence-electron chi connectivity index (χ3n) is 3.10. The summed E-state index contributed by atoms with van der Waals surface area (Å²) in [4.78, 5) is 13.4. The van der Waals surface area contributed by atoms with Crippen molar-refractivity contribution >= 4 is 52.6 Å². The number of guanidine groups is 1. The first-order chi connectivity index (χ1) is 9.70. The van der Waals surface area contributed by atoms with Crippen LogP contribution in [0, 0.1) is 6.92 Å². The first-order valence-corrected chi connectivity index (χ1v) is 8.29.